The van der Waals surface area contributed by atoms with E-state index < -0.39 is 0 Å². The van der Waals surface area contributed by atoms with Crippen LogP contribution in [0.2, 0.25) is 0 Å². The Morgan fingerprint density at radius 3 is 2.76 bits per heavy atom. The van der Waals surface area contributed by atoms with Crippen LogP contribution in [0, 0.1) is 20.8 Å². The minimum absolute atomic E-state index is 0.212. The van der Waals surface area contributed by atoms with Crippen molar-refractivity contribution in [1.82, 2.24) is 25.3 Å². The lowest BCUT2D eigenvalue weighted by Crippen LogP contribution is -2.29. The Morgan fingerprint density at radius 2 is 2.04 bits per heavy atom. The van der Waals surface area contributed by atoms with E-state index in [1.165, 1.54) is 0 Å². The fraction of sp³-hybridized carbons (Fsp3) is 0.471. The average Bonchev–Trinajstić information content (AvgIpc) is 3.04. The molecule has 0 spiro atoms. The van der Waals surface area contributed by atoms with Gasteiger partial charge in [-0.25, -0.2) is 19.9 Å². The molecule has 1 amide bonds. The van der Waals surface area contributed by atoms with Crippen molar-refractivity contribution in [3.8, 4) is 0 Å². The largest absolute Gasteiger partial charge is 0.365 e. The minimum atomic E-state index is -0.269. The molecular formula is C17H23N7O. The number of hydrogen-bond acceptors (Lipinski definition) is 7. The first kappa shape index (κ1) is 17.1. The molecule has 0 radical (unpaired) electrons. The van der Waals surface area contributed by atoms with Gasteiger partial charge in [0.2, 0.25) is 5.82 Å². The lowest BCUT2D eigenvalue weighted by Gasteiger charge is -2.21. The molecular weight excluding hydrogens is 318 g/mol. The van der Waals surface area contributed by atoms with Crippen molar-refractivity contribution in [2.45, 2.75) is 33.2 Å². The highest BCUT2D eigenvalue weighted by Crippen LogP contribution is 2.25. The highest BCUT2D eigenvalue weighted by Gasteiger charge is 2.26. The zero-order valence-corrected chi connectivity index (χ0v) is 15.0. The van der Waals surface area contributed by atoms with Crippen LogP contribution >= 0.6 is 0 Å². The van der Waals surface area contributed by atoms with Gasteiger partial charge in [0.25, 0.3) is 5.91 Å². The van der Waals surface area contributed by atoms with Gasteiger partial charge in [-0.2, -0.15) is 0 Å². The minimum Gasteiger partial charge on any atom is -0.365 e. The molecule has 3 heterocycles. The fourth-order valence-corrected chi connectivity index (χ4v) is 2.95. The summed E-state index contributed by atoms with van der Waals surface area (Å²) in [5.74, 6) is 2.35. The number of nitrogens with one attached hydrogen (secondary N) is 2. The second-order valence-electron chi connectivity index (χ2n) is 6.23. The number of anilines is 2. The van der Waals surface area contributed by atoms with Crippen LogP contribution in [0.4, 0.5) is 11.6 Å². The Balaban J connectivity index is 1.77. The first-order chi connectivity index (χ1) is 12.0. The van der Waals surface area contributed by atoms with E-state index in [1.807, 2.05) is 26.8 Å². The van der Waals surface area contributed by atoms with Crippen LogP contribution in [0.3, 0.4) is 0 Å². The normalized spacial score (nSPS) is 16.8. The maximum atomic E-state index is 11.9. The van der Waals surface area contributed by atoms with Gasteiger partial charge in [-0.05, 0) is 33.3 Å². The third-order valence-corrected chi connectivity index (χ3v) is 4.41. The Labute approximate surface area is 147 Å². The quantitative estimate of drug-likeness (QED) is 0.864. The molecule has 8 heteroatoms. The summed E-state index contributed by atoms with van der Waals surface area (Å²) in [6.45, 7) is 7.44. The number of aryl methyl sites for hydroxylation is 2. The first-order valence-corrected chi connectivity index (χ1v) is 8.36. The van der Waals surface area contributed by atoms with E-state index in [9.17, 15) is 4.79 Å². The second kappa shape index (κ2) is 7.00. The van der Waals surface area contributed by atoms with Gasteiger partial charge < -0.3 is 15.5 Å². The topological polar surface area (TPSA) is 95.9 Å². The van der Waals surface area contributed by atoms with Gasteiger partial charge in [0.15, 0.2) is 0 Å². The van der Waals surface area contributed by atoms with Gasteiger partial charge in [0.1, 0.15) is 17.5 Å². The van der Waals surface area contributed by atoms with Crippen LogP contribution in [-0.2, 0) is 0 Å². The molecule has 0 aromatic carbocycles. The molecule has 0 saturated carbocycles. The van der Waals surface area contributed by atoms with E-state index in [1.54, 1.807) is 13.2 Å². The van der Waals surface area contributed by atoms with Crippen molar-refractivity contribution in [1.29, 1.82) is 0 Å². The van der Waals surface area contributed by atoms with E-state index in [2.05, 4.69) is 35.5 Å². The molecule has 1 aliphatic heterocycles. The fourth-order valence-electron chi connectivity index (χ4n) is 2.95. The van der Waals surface area contributed by atoms with E-state index >= 15 is 0 Å². The summed E-state index contributed by atoms with van der Waals surface area (Å²) in [6.07, 6.45) is 2.73. The number of hydrogen-bond donors (Lipinski definition) is 2. The van der Waals surface area contributed by atoms with Gasteiger partial charge >= 0.3 is 0 Å². The average molecular weight is 341 g/mol. The lowest BCUT2D eigenvalue weighted by atomic mass is 10.2. The molecule has 2 N–H and O–H groups in total. The van der Waals surface area contributed by atoms with Crippen LogP contribution in [0.15, 0.2) is 12.3 Å². The summed E-state index contributed by atoms with van der Waals surface area (Å²) < 4.78 is 0. The van der Waals surface area contributed by atoms with Crippen LogP contribution in [0.1, 0.15) is 34.1 Å². The Kier molecular flexibility index (Phi) is 4.78. The van der Waals surface area contributed by atoms with Gasteiger partial charge in [0.05, 0.1) is 0 Å². The molecule has 1 atom stereocenters. The molecule has 132 valence electrons. The Bertz CT molecular complexity index is 793. The van der Waals surface area contributed by atoms with E-state index in [0.717, 1.165) is 48.2 Å². The molecule has 0 aliphatic carbocycles. The Hall–Kier alpha value is -2.77. The van der Waals surface area contributed by atoms with Gasteiger partial charge in [-0.1, -0.05) is 0 Å². The van der Waals surface area contributed by atoms with E-state index in [0.29, 0.717) is 0 Å². The predicted molar refractivity (Wildman–Crippen MR) is 95.9 cm³/mol. The molecule has 8 nitrogen and oxygen atoms in total. The molecule has 2 aromatic heterocycles. The summed E-state index contributed by atoms with van der Waals surface area (Å²) in [4.78, 5) is 31.4. The van der Waals surface area contributed by atoms with Crippen LogP contribution in [0.5, 0.6) is 0 Å². The highest BCUT2D eigenvalue weighted by atomic mass is 16.2. The number of amides is 1. The van der Waals surface area contributed by atoms with Crippen LogP contribution < -0.4 is 15.5 Å². The summed E-state index contributed by atoms with van der Waals surface area (Å²) in [5, 5.41) is 6.03. The maximum absolute atomic E-state index is 11.9. The molecule has 0 bridgehead atoms. The standard InChI is InChI=1S/C17H23N7O/c1-10-11(2)20-15(17(25)18-4)23-16(10)24-8-6-13(9-24)22-14-5-7-19-12(3)21-14/h5,7,13H,6,8-9H2,1-4H3,(H,18,25)(H,19,21,22)/t13-/m1/s1. The van der Waals surface area contributed by atoms with Crippen molar-refractivity contribution in [3.05, 3.63) is 35.2 Å². The summed E-state index contributed by atoms with van der Waals surface area (Å²) >= 11 is 0. The molecule has 1 aliphatic rings. The van der Waals surface area contributed by atoms with E-state index in [4.69, 9.17) is 0 Å². The van der Waals surface area contributed by atoms with Crippen molar-refractivity contribution < 1.29 is 4.79 Å². The van der Waals surface area contributed by atoms with Crippen molar-refractivity contribution in [2.24, 2.45) is 0 Å². The molecule has 2 aromatic rings. The van der Waals surface area contributed by atoms with Crippen LogP contribution in [-0.4, -0.2) is 52.0 Å². The van der Waals surface area contributed by atoms with Crippen molar-refractivity contribution in [3.63, 3.8) is 0 Å². The number of nitrogens with zero attached hydrogens (tertiary/aromatic N) is 5. The third kappa shape index (κ3) is 3.67. The highest BCUT2D eigenvalue weighted by molar-refractivity contribution is 5.90. The molecule has 0 unspecified atom stereocenters. The van der Waals surface area contributed by atoms with Crippen molar-refractivity contribution >= 4 is 17.5 Å². The molecule has 1 saturated heterocycles. The van der Waals surface area contributed by atoms with Gasteiger partial charge in [-0.15, -0.1) is 0 Å². The molecule has 25 heavy (non-hydrogen) atoms. The zero-order valence-electron chi connectivity index (χ0n) is 15.0. The summed E-state index contributed by atoms with van der Waals surface area (Å²) in [6, 6.07) is 2.15. The first-order valence-electron chi connectivity index (χ1n) is 8.36. The molecule has 1 fully saturated rings. The van der Waals surface area contributed by atoms with Gasteiger partial charge in [-0.3, -0.25) is 4.79 Å². The third-order valence-electron chi connectivity index (χ3n) is 4.41. The lowest BCUT2D eigenvalue weighted by molar-refractivity contribution is 0.0952. The maximum Gasteiger partial charge on any atom is 0.288 e. The summed E-state index contributed by atoms with van der Waals surface area (Å²) in [5.41, 5.74) is 1.83. The monoisotopic (exact) mass is 341 g/mol. The van der Waals surface area contributed by atoms with Crippen molar-refractivity contribution in [2.75, 3.05) is 30.4 Å². The zero-order chi connectivity index (χ0) is 18.0. The number of carbonyl (C=O) groups excluding carboxylic acids is 1. The molecule has 3 rings (SSSR count). The second-order valence-corrected chi connectivity index (χ2v) is 6.23. The van der Waals surface area contributed by atoms with Gasteiger partial charge in [0, 0.05) is 43.6 Å². The number of aromatic nitrogens is 4. The van der Waals surface area contributed by atoms with E-state index in [-0.39, 0.29) is 17.8 Å². The smallest absolute Gasteiger partial charge is 0.288 e. The number of carbonyl (C=O) groups is 1. The number of rotatable bonds is 4. The van der Waals surface area contributed by atoms with Crippen LogP contribution in [0.25, 0.3) is 0 Å². The predicted octanol–water partition coefficient (Wildman–Crippen LogP) is 1.24. The SMILES string of the molecule is CNC(=O)c1nc(C)c(C)c(N2CC[C@@H](Nc3ccnc(C)n3)C2)n1. The Morgan fingerprint density at radius 1 is 1.24 bits per heavy atom. The summed E-state index contributed by atoms with van der Waals surface area (Å²) in [7, 11) is 1.58.